The number of halogens is 1. The van der Waals surface area contributed by atoms with Gasteiger partial charge in [-0.2, -0.15) is 4.99 Å². The third-order valence-corrected chi connectivity index (χ3v) is 8.05. The van der Waals surface area contributed by atoms with E-state index in [1.54, 1.807) is 0 Å². The first-order chi connectivity index (χ1) is 11.9. The molecule has 2 atom stereocenters. The van der Waals surface area contributed by atoms with Crippen LogP contribution in [-0.2, 0) is 21.2 Å². The van der Waals surface area contributed by atoms with Gasteiger partial charge in [-0.25, -0.2) is 8.42 Å². The second kappa shape index (κ2) is 7.68. The van der Waals surface area contributed by atoms with Crippen molar-refractivity contribution in [2.75, 3.05) is 11.5 Å². The number of sulfone groups is 1. The number of benzene rings is 1. The maximum absolute atomic E-state index is 12.1. The van der Waals surface area contributed by atoms with Gasteiger partial charge in [-0.3, -0.25) is 4.79 Å². The third kappa shape index (κ3) is 4.38. The molecule has 0 aromatic heterocycles. The molecule has 0 radical (unpaired) electrons. The van der Waals surface area contributed by atoms with Crippen molar-refractivity contribution in [2.45, 2.75) is 44.0 Å². The maximum atomic E-state index is 12.1. The van der Waals surface area contributed by atoms with E-state index in [1.807, 2.05) is 36.1 Å². The molecule has 0 aliphatic carbocycles. The topological polar surface area (TPSA) is 66.8 Å². The summed E-state index contributed by atoms with van der Waals surface area (Å²) in [6.07, 6.45) is 2.18. The number of aliphatic imine (C=N–C) groups is 1. The van der Waals surface area contributed by atoms with Gasteiger partial charge in [0.25, 0.3) is 0 Å². The Morgan fingerprint density at radius 2 is 2.12 bits per heavy atom. The molecular formula is C17H21ClN2O3S2. The van der Waals surface area contributed by atoms with Crippen LogP contribution >= 0.6 is 23.4 Å². The van der Waals surface area contributed by atoms with E-state index in [9.17, 15) is 13.2 Å². The molecule has 25 heavy (non-hydrogen) atoms. The van der Waals surface area contributed by atoms with E-state index in [-0.39, 0.29) is 28.7 Å². The second-order valence-corrected chi connectivity index (χ2v) is 10.2. The van der Waals surface area contributed by atoms with Gasteiger partial charge in [0.05, 0.1) is 17.5 Å². The predicted molar refractivity (Wildman–Crippen MR) is 103 cm³/mol. The van der Waals surface area contributed by atoms with Crippen LogP contribution in [0.3, 0.4) is 0 Å². The normalized spacial score (nSPS) is 26.2. The summed E-state index contributed by atoms with van der Waals surface area (Å²) in [5.74, 6) is 0.109. The third-order valence-electron chi connectivity index (χ3n) is 4.44. The van der Waals surface area contributed by atoms with Gasteiger partial charge in [-0.1, -0.05) is 54.9 Å². The van der Waals surface area contributed by atoms with Crippen LogP contribution in [-0.4, -0.2) is 47.2 Å². The van der Waals surface area contributed by atoms with Crippen molar-refractivity contribution < 1.29 is 13.2 Å². The minimum absolute atomic E-state index is 0.0646. The first-order valence-corrected chi connectivity index (χ1v) is 11.5. The second-order valence-electron chi connectivity index (χ2n) is 6.41. The molecule has 1 amide bonds. The standard InChI is InChI=1S/C17H21ClN2O3S2/c1-2-3-8-16(21)19-17-20(9-12-6-4-5-7-13(12)18)14-10-25(22,23)11-15(14)24-17/h4-7,14-15H,2-3,8-11H2,1H3/t14-,15+/m0/s1. The number of nitrogens with zero attached hydrogens (tertiary/aromatic N) is 2. The van der Waals surface area contributed by atoms with Crippen LogP contribution in [0.4, 0.5) is 0 Å². The molecule has 0 saturated carbocycles. The lowest BCUT2D eigenvalue weighted by atomic mass is 10.1. The van der Waals surface area contributed by atoms with Gasteiger partial charge in [-0.15, -0.1) is 0 Å². The Kier molecular flexibility index (Phi) is 5.75. The molecular weight excluding hydrogens is 380 g/mol. The first kappa shape index (κ1) is 18.7. The lowest BCUT2D eigenvalue weighted by Crippen LogP contribution is -2.37. The zero-order valence-electron chi connectivity index (χ0n) is 14.0. The summed E-state index contributed by atoms with van der Waals surface area (Å²) in [6, 6.07) is 7.34. The molecule has 5 nitrogen and oxygen atoms in total. The molecule has 0 unspecified atom stereocenters. The highest BCUT2D eigenvalue weighted by Crippen LogP contribution is 2.39. The Labute approximate surface area is 157 Å². The van der Waals surface area contributed by atoms with Crippen LogP contribution in [0.1, 0.15) is 31.7 Å². The summed E-state index contributed by atoms with van der Waals surface area (Å²) in [7, 11) is -3.04. The van der Waals surface area contributed by atoms with E-state index >= 15 is 0 Å². The van der Waals surface area contributed by atoms with Crippen molar-refractivity contribution in [3.8, 4) is 0 Å². The van der Waals surface area contributed by atoms with Crippen LogP contribution in [0.2, 0.25) is 5.02 Å². The van der Waals surface area contributed by atoms with Crippen molar-refractivity contribution in [3.63, 3.8) is 0 Å². The number of amides is 1. The highest BCUT2D eigenvalue weighted by molar-refractivity contribution is 8.15. The Morgan fingerprint density at radius 3 is 2.84 bits per heavy atom. The highest BCUT2D eigenvalue weighted by atomic mass is 35.5. The fraction of sp³-hybridized carbons (Fsp3) is 0.529. The molecule has 1 aromatic carbocycles. The minimum atomic E-state index is -3.04. The van der Waals surface area contributed by atoms with Crippen LogP contribution in [0.15, 0.2) is 29.3 Å². The molecule has 1 aromatic rings. The molecule has 2 saturated heterocycles. The number of hydrogen-bond donors (Lipinski definition) is 0. The Morgan fingerprint density at radius 1 is 1.36 bits per heavy atom. The Balaban J connectivity index is 1.86. The molecule has 2 aliphatic heterocycles. The van der Waals surface area contributed by atoms with Crippen molar-refractivity contribution >= 4 is 44.3 Å². The summed E-state index contributed by atoms with van der Waals surface area (Å²) in [6.45, 7) is 2.49. The monoisotopic (exact) mass is 400 g/mol. The van der Waals surface area contributed by atoms with Gasteiger partial charge in [0.2, 0.25) is 5.91 Å². The minimum Gasteiger partial charge on any atom is -0.342 e. The number of unbranched alkanes of at least 4 members (excludes halogenated alkanes) is 1. The number of rotatable bonds is 5. The van der Waals surface area contributed by atoms with E-state index in [0.717, 1.165) is 18.4 Å². The van der Waals surface area contributed by atoms with Crippen molar-refractivity contribution in [1.29, 1.82) is 0 Å². The molecule has 2 heterocycles. The van der Waals surface area contributed by atoms with E-state index < -0.39 is 9.84 Å². The molecule has 2 fully saturated rings. The molecule has 0 spiro atoms. The molecule has 136 valence electrons. The van der Waals surface area contributed by atoms with Gasteiger partial charge in [0.1, 0.15) is 0 Å². The van der Waals surface area contributed by atoms with Gasteiger partial charge < -0.3 is 4.90 Å². The van der Waals surface area contributed by atoms with Gasteiger partial charge in [-0.05, 0) is 18.1 Å². The van der Waals surface area contributed by atoms with Crippen molar-refractivity contribution in [1.82, 2.24) is 4.90 Å². The smallest absolute Gasteiger partial charge is 0.248 e. The predicted octanol–water partition coefficient (Wildman–Crippen LogP) is 3.13. The number of fused-ring (bicyclic) bond motifs is 1. The summed E-state index contributed by atoms with van der Waals surface area (Å²) in [4.78, 5) is 18.3. The van der Waals surface area contributed by atoms with Gasteiger partial charge >= 0.3 is 0 Å². The molecule has 2 aliphatic rings. The van der Waals surface area contributed by atoms with Crippen LogP contribution < -0.4 is 0 Å². The SMILES string of the molecule is CCCCC(=O)N=C1S[C@@H]2CS(=O)(=O)C[C@@H]2N1Cc1ccccc1Cl. The Bertz CT molecular complexity index is 795. The van der Waals surface area contributed by atoms with Crippen LogP contribution in [0.25, 0.3) is 0 Å². The fourth-order valence-electron chi connectivity index (χ4n) is 3.12. The van der Waals surface area contributed by atoms with Crippen LogP contribution in [0.5, 0.6) is 0 Å². The summed E-state index contributed by atoms with van der Waals surface area (Å²) >= 11 is 7.68. The average Bonchev–Trinajstić information content (AvgIpc) is 3.00. The number of hydrogen-bond acceptors (Lipinski definition) is 4. The number of amidine groups is 1. The first-order valence-electron chi connectivity index (χ1n) is 8.38. The Hall–Kier alpha value is -1.05. The average molecular weight is 401 g/mol. The molecule has 0 N–H and O–H groups in total. The summed E-state index contributed by atoms with van der Waals surface area (Å²) in [5, 5.41) is 1.20. The summed E-state index contributed by atoms with van der Waals surface area (Å²) < 4.78 is 24.0. The van der Waals surface area contributed by atoms with Gasteiger partial charge in [0, 0.05) is 23.2 Å². The van der Waals surface area contributed by atoms with Crippen molar-refractivity contribution in [2.24, 2.45) is 4.99 Å². The maximum Gasteiger partial charge on any atom is 0.248 e. The summed E-state index contributed by atoms with van der Waals surface area (Å²) in [5.41, 5.74) is 0.906. The quantitative estimate of drug-likeness (QED) is 0.759. The molecule has 3 rings (SSSR count). The fourth-order valence-corrected chi connectivity index (χ4v) is 7.29. The zero-order valence-corrected chi connectivity index (χ0v) is 16.4. The number of carbonyl (C=O) groups is 1. The van der Waals surface area contributed by atoms with E-state index in [0.29, 0.717) is 23.2 Å². The highest BCUT2D eigenvalue weighted by Gasteiger charge is 2.48. The van der Waals surface area contributed by atoms with Crippen LogP contribution in [0, 0.1) is 0 Å². The lowest BCUT2D eigenvalue weighted by molar-refractivity contribution is -0.117. The zero-order chi connectivity index (χ0) is 18.0. The molecule has 0 bridgehead atoms. The largest absolute Gasteiger partial charge is 0.342 e. The van der Waals surface area contributed by atoms with E-state index in [2.05, 4.69) is 4.99 Å². The van der Waals surface area contributed by atoms with E-state index in [4.69, 9.17) is 11.6 Å². The lowest BCUT2D eigenvalue weighted by Gasteiger charge is -2.25. The van der Waals surface area contributed by atoms with Gasteiger partial charge in [0.15, 0.2) is 15.0 Å². The number of carbonyl (C=O) groups excluding carboxylic acids is 1. The molecule has 8 heteroatoms. The number of thioether (sulfide) groups is 1. The van der Waals surface area contributed by atoms with Crippen molar-refractivity contribution in [3.05, 3.63) is 34.9 Å². The van der Waals surface area contributed by atoms with E-state index in [1.165, 1.54) is 11.8 Å².